The minimum Gasteiger partial charge on any atom is -0.505 e. The van der Waals surface area contributed by atoms with Crippen molar-refractivity contribution in [3.8, 4) is 5.75 Å². The predicted molar refractivity (Wildman–Crippen MR) is 156 cm³/mol. The molecule has 0 saturated carbocycles. The van der Waals surface area contributed by atoms with Crippen LogP contribution in [0.4, 0.5) is 4.39 Å². The minimum atomic E-state index is -1.10. The van der Waals surface area contributed by atoms with E-state index in [1.165, 1.54) is 12.1 Å². The Morgan fingerprint density at radius 2 is 1.86 bits per heavy atom. The van der Waals surface area contributed by atoms with Crippen LogP contribution in [0.2, 0.25) is 6.32 Å². The number of Topliss-reactive ketones (excluding diaryl/α,β-unsaturated/α-hetero) is 2. The Bertz CT molecular complexity index is 1590. The molecule has 1 aromatic heterocycles. The van der Waals surface area contributed by atoms with E-state index in [9.17, 15) is 24.1 Å². The van der Waals surface area contributed by atoms with E-state index >= 15 is 0 Å². The number of benzene rings is 2. The van der Waals surface area contributed by atoms with Crippen LogP contribution >= 0.6 is 0 Å². The van der Waals surface area contributed by atoms with Gasteiger partial charge < -0.3 is 19.5 Å². The summed E-state index contributed by atoms with van der Waals surface area (Å²) in [5, 5.41) is 20.5. The zero-order valence-electron chi connectivity index (χ0n) is 23.2. The molecule has 1 aliphatic heterocycles. The molecular weight excluding hydrogens is 536 g/mol. The third kappa shape index (κ3) is 5.24. The predicted octanol–water partition coefficient (Wildman–Crippen LogP) is 5.40. The maximum absolute atomic E-state index is 14.1. The van der Waals surface area contributed by atoms with Crippen LogP contribution in [-0.2, 0) is 9.39 Å². The highest BCUT2D eigenvalue weighted by molar-refractivity contribution is 6.43. The molecule has 2 aliphatic carbocycles. The Morgan fingerprint density at radius 1 is 1.10 bits per heavy atom. The molecule has 1 saturated heterocycles. The van der Waals surface area contributed by atoms with Crippen LogP contribution in [0.3, 0.4) is 0 Å². The number of allylic oxidation sites excluding steroid dienone is 1. The highest BCUT2D eigenvalue weighted by Crippen LogP contribution is 2.51. The summed E-state index contributed by atoms with van der Waals surface area (Å²) in [7, 11) is 0.504. The number of ether oxygens (including phenoxy) is 1. The smallest absolute Gasteiger partial charge is 0.455 e. The fraction of sp³-hybridized carbons (Fsp3) is 0.303. The van der Waals surface area contributed by atoms with Crippen molar-refractivity contribution in [3.05, 3.63) is 106 Å². The van der Waals surface area contributed by atoms with Gasteiger partial charge in [0.15, 0.2) is 23.1 Å². The van der Waals surface area contributed by atoms with Crippen molar-refractivity contribution in [2.45, 2.75) is 31.7 Å². The number of methoxy groups -OCH3 is 1. The zero-order valence-corrected chi connectivity index (χ0v) is 23.2. The average molecular weight is 567 g/mol. The molecule has 9 heteroatoms. The Labute approximate surface area is 243 Å². The Balaban J connectivity index is 1.36. The summed E-state index contributed by atoms with van der Waals surface area (Å²) < 4.78 is 25.8. The van der Waals surface area contributed by atoms with E-state index in [-0.39, 0.29) is 23.8 Å². The number of fused-ring (bicyclic) bond motifs is 4. The maximum Gasteiger partial charge on any atom is 0.455 e. The molecule has 0 spiro atoms. The summed E-state index contributed by atoms with van der Waals surface area (Å²) in [5.41, 5.74) is 4.87. The van der Waals surface area contributed by atoms with Crippen molar-refractivity contribution >= 4 is 30.3 Å². The molecule has 2 N–H and O–H groups in total. The van der Waals surface area contributed by atoms with Gasteiger partial charge in [0.25, 0.3) is 0 Å². The molecule has 7 nitrogen and oxygen atoms in total. The van der Waals surface area contributed by atoms with E-state index in [1.54, 1.807) is 43.6 Å². The molecule has 0 bridgehead atoms. The molecule has 4 atom stereocenters. The van der Waals surface area contributed by atoms with Gasteiger partial charge in [-0.25, -0.2) is 4.39 Å². The number of phenolic OH excluding ortho intramolecular Hbond substituents is 1. The number of hydrogen-bond donors (Lipinski definition) is 2. The largest absolute Gasteiger partial charge is 0.505 e. The van der Waals surface area contributed by atoms with Crippen molar-refractivity contribution in [2.24, 2.45) is 17.8 Å². The van der Waals surface area contributed by atoms with Crippen molar-refractivity contribution in [2.75, 3.05) is 13.7 Å². The van der Waals surface area contributed by atoms with Crippen LogP contribution in [-0.4, -0.2) is 53.6 Å². The second-order valence-corrected chi connectivity index (χ2v) is 11.2. The normalized spacial score (nSPS) is 23.9. The van der Waals surface area contributed by atoms with Gasteiger partial charge in [0.05, 0.1) is 18.4 Å². The summed E-state index contributed by atoms with van der Waals surface area (Å²) in [6, 6.07) is 16.7. The van der Waals surface area contributed by atoms with E-state index < -0.39 is 36.6 Å². The first kappa shape index (κ1) is 28.2. The SMILES string of the molecule is COCC1=C2[C@@H](CC/C(=C/c3ccc(O)c(F)c3)c3ccccn3)OB(O)C[C@@H]2[C@@H]2C(=O)c3ccccc3C(=O)[C@@H]2C1. The molecule has 0 radical (unpaired) electrons. The Kier molecular flexibility index (Phi) is 7.90. The summed E-state index contributed by atoms with van der Waals surface area (Å²) in [6.07, 6.45) is 4.52. The van der Waals surface area contributed by atoms with Crippen LogP contribution in [0.5, 0.6) is 5.75 Å². The average Bonchev–Trinajstić information content (AvgIpc) is 3.00. The van der Waals surface area contributed by atoms with Gasteiger partial charge in [-0.2, -0.15) is 0 Å². The number of phenols is 1. The van der Waals surface area contributed by atoms with Gasteiger partial charge in [-0.15, -0.1) is 0 Å². The number of carbonyl (C=O) groups excluding carboxylic acids is 2. The van der Waals surface area contributed by atoms with Crippen molar-refractivity contribution in [1.82, 2.24) is 4.98 Å². The lowest BCUT2D eigenvalue weighted by Crippen LogP contribution is -2.51. The molecule has 214 valence electrons. The minimum absolute atomic E-state index is 0.0399. The van der Waals surface area contributed by atoms with Gasteiger partial charge in [0.1, 0.15) is 0 Å². The summed E-state index contributed by atoms with van der Waals surface area (Å²) in [4.78, 5) is 31.9. The number of ketones is 2. The Hall–Kier alpha value is -3.92. The lowest BCUT2D eigenvalue weighted by Gasteiger charge is -2.47. The van der Waals surface area contributed by atoms with Gasteiger partial charge >= 0.3 is 7.12 Å². The number of hydrogen-bond acceptors (Lipinski definition) is 7. The number of aromatic nitrogens is 1. The van der Waals surface area contributed by atoms with E-state index in [0.29, 0.717) is 48.3 Å². The summed E-state index contributed by atoms with van der Waals surface area (Å²) >= 11 is 0. The van der Waals surface area contributed by atoms with E-state index in [1.807, 2.05) is 24.3 Å². The lowest BCUT2D eigenvalue weighted by molar-refractivity contribution is 0.0585. The lowest BCUT2D eigenvalue weighted by atomic mass is 9.54. The summed E-state index contributed by atoms with van der Waals surface area (Å²) in [5.74, 6) is -2.69. The highest BCUT2D eigenvalue weighted by Gasteiger charge is 2.53. The van der Waals surface area contributed by atoms with Gasteiger partial charge in [-0.1, -0.05) is 36.4 Å². The summed E-state index contributed by atoms with van der Waals surface area (Å²) in [6.45, 7) is 0.295. The zero-order chi connectivity index (χ0) is 29.4. The van der Waals surface area contributed by atoms with Crippen LogP contribution in [0.1, 0.15) is 51.2 Å². The molecule has 0 unspecified atom stereocenters. The number of carbonyl (C=O) groups is 2. The molecule has 6 rings (SSSR count). The highest BCUT2D eigenvalue weighted by atomic mass is 19.1. The van der Waals surface area contributed by atoms with Crippen molar-refractivity contribution in [1.29, 1.82) is 0 Å². The molecule has 1 fully saturated rings. The van der Waals surface area contributed by atoms with E-state index in [4.69, 9.17) is 9.39 Å². The van der Waals surface area contributed by atoms with Crippen molar-refractivity contribution in [3.63, 3.8) is 0 Å². The van der Waals surface area contributed by atoms with E-state index in [2.05, 4.69) is 4.98 Å². The van der Waals surface area contributed by atoms with Crippen molar-refractivity contribution < 1.29 is 33.5 Å². The molecule has 2 heterocycles. The fourth-order valence-electron chi connectivity index (χ4n) is 6.90. The molecular formula is C33H31BFNO6. The molecule has 2 aromatic carbocycles. The number of nitrogens with zero attached hydrogens (tertiary/aromatic N) is 1. The van der Waals surface area contributed by atoms with Crippen LogP contribution < -0.4 is 0 Å². The number of pyridine rings is 1. The first-order chi connectivity index (χ1) is 20.4. The van der Waals surface area contributed by atoms with E-state index in [0.717, 1.165) is 16.7 Å². The number of halogens is 1. The standard InChI is InChI=1S/C33H31BFNO6/c1-41-18-21-16-24-31(33(39)23-7-3-2-6-22(23)32(24)38)25-17-34(40)42-29(30(21)25)12-10-20(27-8-4-5-13-36-27)14-19-9-11-28(37)26(35)15-19/h2-9,11,13-15,24-25,29,31,37,40H,10,12,16-18H2,1H3/b20-14-/t24-,25+,29-,31-/m1/s1. The first-order valence-corrected chi connectivity index (χ1v) is 14.2. The molecule has 0 amide bonds. The third-order valence-corrected chi connectivity index (χ3v) is 8.66. The topological polar surface area (TPSA) is 106 Å². The van der Waals surface area contributed by atoms with Crippen LogP contribution in [0, 0.1) is 23.6 Å². The fourth-order valence-corrected chi connectivity index (χ4v) is 6.90. The second kappa shape index (κ2) is 11.8. The second-order valence-electron chi connectivity index (χ2n) is 11.2. The quantitative estimate of drug-likeness (QED) is 0.291. The van der Waals surface area contributed by atoms with Gasteiger partial charge in [-0.3, -0.25) is 14.6 Å². The van der Waals surface area contributed by atoms with Gasteiger partial charge in [0, 0.05) is 36.3 Å². The third-order valence-electron chi connectivity index (χ3n) is 8.66. The number of rotatable bonds is 7. The van der Waals surface area contributed by atoms with Crippen LogP contribution in [0.15, 0.2) is 78.0 Å². The molecule has 3 aromatic rings. The van der Waals surface area contributed by atoms with Gasteiger partial charge in [-0.05, 0) is 84.1 Å². The number of aromatic hydroxyl groups is 1. The molecule has 3 aliphatic rings. The monoisotopic (exact) mass is 567 g/mol. The van der Waals surface area contributed by atoms with Gasteiger partial charge in [0.2, 0.25) is 0 Å². The first-order valence-electron chi connectivity index (χ1n) is 14.2. The maximum atomic E-state index is 14.1. The molecule has 42 heavy (non-hydrogen) atoms. The van der Waals surface area contributed by atoms with Crippen LogP contribution in [0.25, 0.3) is 11.6 Å². The Morgan fingerprint density at radius 3 is 2.57 bits per heavy atom.